The summed E-state index contributed by atoms with van der Waals surface area (Å²) in [6.07, 6.45) is 4.40. The number of thiophene rings is 1. The van der Waals surface area contributed by atoms with Crippen molar-refractivity contribution in [3.8, 4) is 0 Å². The fraction of sp³-hybridized carbons (Fsp3) is 0.389. The van der Waals surface area contributed by atoms with E-state index < -0.39 is 0 Å². The number of carbonyl (C=O) groups is 1. The molecule has 1 atom stereocenters. The molecule has 1 aromatic carbocycles. The lowest BCUT2D eigenvalue weighted by Crippen LogP contribution is -2.29. The fourth-order valence-electron chi connectivity index (χ4n) is 3.55. The molecule has 2 aromatic rings. The minimum atomic E-state index is 0.201. The highest BCUT2D eigenvalue weighted by Crippen LogP contribution is 2.35. The average molecular weight is 297 g/mol. The van der Waals surface area contributed by atoms with Gasteiger partial charge in [-0.2, -0.15) is 0 Å². The number of hydrogen-bond acceptors (Lipinski definition) is 2. The standard InChI is InChI=1S/C18H19NOS/c1-12-6-7-14-15(11-21-17(14)10-12)18(20)19-9-8-13-4-2-3-5-16(13)19/h2-5,11-12H,6-10H2,1H3. The summed E-state index contributed by atoms with van der Waals surface area (Å²) in [5.41, 5.74) is 4.68. The van der Waals surface area contributed by atoms with Gasteiger partial charge in [0.15, 0.2) is 0 Å². The highest BCUT2D eigenvalue weighted by molar-refractivity contribution is 7.10. The maximum Gasteiger partial charge on any atom is 0.259 e. The summed E-state index contributed by atoms with van der Waals surface area (Å²) in [4.78, 5) is 16.4. The second kappa shape index (κ2) is 4.99. The van der Waals surface area contributed by atoms with E-state index in [0.29, 0.717) is 0 Å². The Morgan fingerprint density at radius 3 is 3.05 bits per heavy atom. The molecular weight excluding hydrogens is 278 g/mol. The Kier molecular flexibility index (Phi) is 3.11. The third-order valence-electron chi connectivity index (χ3n) is 4.76. The minimum Gasteiger partial charge on any atom is -0.308 e. The van der Waals surface area contributed by atoms with Crippen LogP contribution in [0.25, 0.3) is 0 Å². The lowest BCUT2D eigenvalue weighted by molar-refractivity contribution is 0.0988. The lowest BCUT2D eigenvalue weighted by atomic mass is 9.88. The molecule has 1 aromatic heterocycles. The summed E-state index contributed by atoms with van der Waals surface area (Å²) in [5.74, 6) is 0.957. The van der Waals surface area contributed by atoms with Gasteiger partial charge in [-0.25, -0.2) is 0 Å². The maximum atomic E-state index is 13.0. The smallest absolute Gasteiger partial charge is 0.259 e. The predicted molar refractivity (Wildman–Crippen MR) is 87.3 cm³/mol. The van der Waals surface area contributed by atoms with E-state index >= 15 is 0 Å². The molecule has 4 rings (SSSR count). The van der Waals surface area contributed by atoms with E-state index in [2.05, 4.69) is 30.5 Å². The first kappa shape index (κ1) is 13.1. The topological polar surface area (TPSA) is 20.3 Å². The molecule has 0 saturated heterocycles. The number of benzene rings is 1. The van der Waals surface area contributed by atoms with Crippen LogP contribution in [0.2, 0.25) is 0 Å². The van der Waals surface area contributed by atoms with Crippen LogP contribution in [0.1, 0.15) is 39.7 Å². The highest BCUT2D eigenvalue weighted by Gasteiger charge is 2.29. The molecule has 0 saturated carbocycles. The largest absolute Gasteiger partial charge is 0.308 e. The zero-order chi connectivity index (χ0) is 14.4. The summed E-state index contributed by atoms with van der Waals surface area (Å²) >= 11 is 1.78. The number of rotatable bonds is 1. The van der Waals surface area contributed by atoms with Crippen molar-refractivity contribution in [3.63, 3.8) is 0 Å². The van der Waals surface area contributed by atoms with Crippen molar-refractivity contribution in [2.24, 2.45) is 5.92 Å². The summed E-state index contributed by atoms with van der Waals surface area (Å²) in [6, 6.07) is 8.28. The molecule has 1 unspecified atom stereocenters. The van der Waals surface area contributed by atoms with Gasteiger partial charge in [0.05, 0.1) is 5.56 Å². The molecule has 3 heteroatoms. The van der Waals surface area contributed by atoms with Gasteiger partial charge in [-0.05, 0) is 48.8 Å². The Hall–Kier alpha value is -1.61. The Bertz CT molecular complexity index is 703. The molecule has 0 spiro atoms. The van der Waals surface area contributed by atoms with Crippen LogP contribution in [0.15, 0.2) is 29.6 Å². The quantitative estimate of drug-likeness (QED) is 0.777. The van der Waals surface area contributed by atoms with Crippen LogP contribution >= 0.6 is 11.3 Å². The summed E-state index contributed by atoms with van der Waals surface area (Å²) in [7, 11) is 0. The first-order valence-corrected chi connectivity index (χ1v) is 8.61. The summed E-state index contributed by atoms with van der Waals surface area (Å²) < 4.78 is 0. The van der Waals surface area contributed by atoms with Gasteiger partial charge in [-0.3, -0.25) is 4.79 Å². The van der Waals surface area contributed by atoms with E-state index in [0.717, 1.165) is 43.0 Å². The number of amides is 1. The molecule has 0 radical (unpaired) electrons. The lowest BCUT2D eigenvalue weighted by Gasteiger charge is -2.21. The number of hydrogen-bond donors (Lipinski definition) is 0. The molecule has 2 nitrogen and oxygen atoms in total. The average Bonchev–Trinajstić information content (AvgIpc) is 3.10. The Morgan fingerprint density at radius 1 is 1.29 bits per heavy atom. The van der Waals surface area contributed by atoms with Crippen molar-refractivity contribution in [1.82, 2.24) is 0 Å². The van der Waals surface area contributed by atoms with E-state index in [9.17, 15) is 4.79 Å². The van der Waals surface area contributed by atoms with E-state index in [1.54, 1.807) is 11.3 Å². The zero-order valence-corrected chi connectivity index (χ0v) is 13.1. The molecule has 1 aliphatic carbocycles. The molecule has 108 valence electrons. The molecule has 0 bridgehead atoms. The van der Waals surface area contributed by atoms with Crippen LogP contribution in [0.4, 0.5) is 5.69 Å². The minimum absolute atomic E-state index is 0.201. The van der Waals surface area contributed by atoms with Crippen molar-refractivity contribution < 1.29 is 4.79 Å². The third-order valence-corrected chi connectivity index (χ3v) is 5.82. The van der Waals surface area contributed by atoms with Gasteiger partial charge in [0, 0.05) is 22.5 Å². The van der Waals surface area contributed by atoms with Crippen LogP contribution in [-0.4, -0.2) is 12.5 Å². The van der Waals surface area contributed by atoms with Gasteiger partial charge in [0.1, 0.15) is 0 Å². The van der Waals surface area contributed by atoms with Crippen LogP contribution in [0.5, 0.6) is 0 Å². The molecule has 1 amide bonds. The summed E-state index contributed by atoms with van der Waals surface area (Å²) in [6.45, 7) is 3.13. The molecule has 2 heterocycles. The first-order chi connectivity index (χ1) is 10.2. The molecule has 2 aliphatic rings. The van der Waals surface area contributed by atoms with Gasteiger partial charge in [0.25, 0.3) is 5.91 Å². The second-order valence-corrected chi connectivity index (χ2v) is 7.20. The van der Waals surface area contributed by atoms with E-state index in [1.807, 2.05) is 11.0 Å². The van der Waals surface area contributed by atoms with Crippen molar-refractivity contribution in [1.29, 1.82) is 0 Å². The van der Waals surface area contributed by atoms with Crippen molar-refractivity contribution in [3.05, 3.63) is 51.2 Å². The number of anilines is 1. The van der Waals surface area contributed by atoms with E-state index in [-0.39, 0.29) is 5.91 Å². The van der Waals surface area contributed by atoms with Crippen molar-refractivity contribution in [2.75, 3.05) is 11.4 Å². The van der Waals surface area contributed by atoms with Crippen molar-refractivity contribution >= 4 is 22.9 Å². The number of para-hydroxylation sites is 1. The van der Waals surface area contributed by atoms with Gasteiger partial charge in [-0.15, -0.1) is 11.3 Å². The molecule has 0 N–H and O–H groups in total. The third kappa shape index (κ3) is 2.11. The molecular formula is C18H19NOS. The Labute approximate surface area is 129 Å². The zero-order valence-electron chi connectivity index (χ0n) is 12.3. The summed E-state index contributed by atoms with van der Waals surface area (Å²) in [5, 5.41) is 2.09. The monoisotopic (exact) mass is 297 g/mol. The maximum absolute atomic E-state index is 13.0. The van der Waals surface area contributed by atoms with Crippen LogP contribution < -0.4 is 4.90 Å². The Balaban J connectivity index is 1.68. The van der Waals surface area contributed by atoms with Crippen LogP contribution in [0, 0.1) is 5.92 Å². The van der Waals surface area contributed by atoms with Crippen LogP contribution in [-0.2, 0) is 19.3 Å². The SMILES string of the molecule is CC1CCc2c(C(=O)N3CCc4ccccc43)csc2C1. The Morgan fingerprint density at radius 2 is 2.14 bits per heavy atom. The van der Waals surface area contributed by atoms with Gasteiger partial charge in [-0.1, -0.05) is 25.1 Å². The number of nitrogens with zero attached hydrogens (tertiary/aromatic N) is 1. The molecule has 0 fully saturated rings. The first-order valence-electron chi connectivity index (χ1n) is 7.73. The van der Waals surface area contributed by atoms with Gasteiger partial charge >= 0.3 is 0 Å². The van der Waals surface area contributed by atoms with Crippen LogP contribution in [0.3, 0.4) is 0 Å². The normalized spacial score (nSPS) is 20.2. The molecule has 1 aliphatic heterocycles. The number of fused-ring (bicyclic) bond motifs is 2. The van der Waals surface area contributed by atoms with E-state index in [1.165, 1.54) is 22.4 Å². The predicted octanol–water partition coefficient (Wildman–Crippen LogP) is 4.08. The molecule has 21 heavy (non-hydrogen) atoms. The van der Waals surface area contributed by atoms with Crippen molar-refractivity contribution in [2.45, 2.75) is 32.6 Å². The van der Waals surface area contributed by atoms with Gasteiger partial charge < -0.3 is 4.90 Å². The fourth-order valence-corrected chi connectivity index (χ4v) is 4.79. The van der Waals surface area contributed by atoms with E-state index in [4.69, 9.17) is 0 Å². The van der Waals surface area contributed by atoms with Gasteiger partial charge in [0.2, 0.25) is 0 Å². The highest BCUT2D eigenvalue weighted by atomic mass is 32.1. The number of carbonyl (C=O) groups excluding carboxylic acids is 1. The second-order valence-electron chi connectivity index (χ2n) is 6.23.